The molecule has 2 rings (SSSR count). The van der Waals surface area contributed by atoms with Crippen LogP contribution in [-0.2, 0) is 0 Å². The minimum Gasteiger partial charge on any atom is -0.291 e. The molecule has 0 saturated carbocycles. The molecule has 0 fully saturated rings. The van der Waals surface area contributed by atoms with E-state index in [1.807, 2.05) is 25.6 Å². The first-order valence-corrected chi connectivity index (χ1v) is 6.07. The summed E-state index contributed by atoms with van der Waals surface area (Å²) in [6.07, 6.45) is 5.88. The fraction of sp³-hybridized carbons (Fsp3) is 0.250. The zero-order chi connectivity index (χ0) is 9.42. The molecule has 0 aliphatic rings. The van der Waals surface area contributed by atoms with Gasteiger partial charge in [-0.15, -0.1) is 11.8 Å². The van der Waals surface area contributed by atoms with Crippen LogP contribution in [0.5, 0.6) is 0 Å². The van der Waals surface area contributed by atoms with E-state index in [0.717, 1.165) is 20.1 Å². The van der Waals surface area contributed by atoms with Gasteiger partial charge in [-0.3, -0.25) is 4.40 Å². The molecule has 0 amide bonds. The summed E-state index contributed by atoms with van der Waals surface area (Å²) in [4.78, 5) is 8.71. The molecule has 0 aliphatic carbocycles. The van der Waals surface area contributed by atoms with Crippen LogP contribution in [-0.4, -0.2) is 20.6 Å². The third-order valence-corrected chi connectivity index (χ3v) is 3.19. The number of aryl methyl sites for hydroxylation is 1. The maximum atomic E-state index is 4.41. The topological polar surface area (TPSA) is 30.2 Å². The third kappa shape index (κ3) is 1.54. The Morgan fingerprint density at radius 3 is 3.00 bits per heavy atom. The van der Waals surface area contributed by atoms with Gasteiger partial charge in [0.05, 0.1) is 11.9 Å². The molecule has 0 N–H and O–H groups in total. The summed E-state index contributed by atoms with van der Waals surface area (Å²) < 4.78 is 3.18. The van der Waals surface area contributed by atoms with E-state index < -0.39 is 0 Å². The lowest BCUT2D eigenvalue weighted by Crippen LogP contribution is -1.94. The zero-order valence-electron chi connectivity index (χ0n) is 7.28. The number of rotatable bonds is 1. The molecule has 0 spiro atoms. The molecular formula is C8H8IN3S. The van der Waals surface area contributed by atoms with Gasteiger partial charge in [-0.05, 0) is 35.8 Å². The van der Waals surface area contributed by atoms with E-state index in [1.165, 1.54) is 0 Å². The normalized spacial score (nSPS) is 11.0. The summed E-state index contributed by atoms with van der Waals surface area (Å²) in [7, 11) is 0. The van der Waals surface area contributed by atoms with Gasteiger partial charge in [0.1, 0.15) is 8.73 Å². The highest BCUT2D eigenvalue weighted by atomic mass is 127. The number of aromatic nitrogens is 3. The Labute approximate surface area is 94.1 Å². The summed E-state index contributed by atoms with van der Waals surface area (Å²) in [5.74, 6) is 0. The quantitative estimate of drug-likeness (QED) is 0.598. The fourth-order valence-electron chi connectivity index (χ4n) is 1.18. The zero-order valence-corrected chi connectivity index (χ0v) is 10.3. The third-order valence-electron chi connectivity index (χ3n) is 1.73. The van der Waals surface area contributed by atoms with Gasteiger partial charge in [0.2, 0.25) is 0 Å². The van der Waals surface area contributed by atoms with Crippen molar-refractivity contribution in [1.82, 2.24) is 14.4 Å². The van der Waals surface area contributed by atoms with Crippen LogP contribution in [0.25, 0.3) is 5.65 Å². The van der Waals surface area contributed by atoms with Crippen molar-refractivity contribution in [3.63, 3.8) is 0 Å². The Morgan fingerprint density at radius 1 is 1.54 bits per heavy atom. The predicted octanol–water partition coefficient (Wildman–Crippen LogP) is 2.36. The largest absolute Gasteiger partial charge is 0.291 e. The van der Waals surface area contributed by atoms with E-state index >= 15 is 0 Å². The van der Waals surface area contributed by atoms with Crippen molar-refractivity contribution in [1.29, 1.82) is 0 Å². The maximum absolute atomic E-state index is 4.41. The Hall–Kier alpha value is -0.300. The summed E-state index contributed by atoms with van der Waals surface area (Å²) >= 11 is 3.89. The molecule has 0 unspecified atom stereocenters. The van der Waals surface area contributed by atoms with Crippen LogP contribution in [0.4, 0.5) is 0 Å². The predicted molar refractivity (Wildman–Crippen MR) is 62.2 cm³/mol. The molecule has 0 radical (unpaired) electrons. The monoisotopic (exact) mass is 305 g/mol. The SMILES string of the molecule is CSc1nc(C)cn2c(I)cnc12. The van der Waals surface area contributed by atoms with Gasteiger partial charge in [0, 0.05) is 6.20 Å². The van der Waals surface area contributed by atoms with Gasteiger partial charge in [-0.25, -0.2) is 9.97 Å². The van der Waals surface area contributed by atoms with Gasteiger partial charge in [0.25, 0.3) is 0 Å². The molecule has 0 aliphatic heterocycles. The molecule has 5 heteroatoms. The van der Waals surface area contributed by atoms with Crippen LogP contribution in [0.1, 0.15) is 5.69 Å². The van der Waals surface area contributed by atoms with Gasteiger partial charge in [-0.2, -0.15) is 0 Å². The maximum Gasteiger partial charge on any atom is 0.170 e. The van der Waals surface area contributed by atoms with Crippen molar-refractivity contribution < 1.29 is 0 Å². The highest BCUT2D eigenvalue weighted by molar-refractivity contribution is 14.1. The van der Waals surface area contributed by atoms with Gasteiger partial charge in [-0.1, -0.05) is 0 Å². The Bertz CT molecular complexity index is 452. The average molecular weight is 305 g/mol. The molecule has 2 aromatic heterocycles. The van der Waals surface area contributed by atoms with Gasteiger partial charge >= 0.3 is 0 Å². The molecule has 3 nitrogen and oxygen atoms in total. The number of thioether (sulfide) groups is 1. The van der Waals surface area contributed by atoms with Crippen LogP contribution in [0.15, 0.2) is 17.4 Å². The summed E-state index contributed by atoms with van der Waals surface area (Å²) in [6.45, 7) is 2.00. The van der Waals surface area contributed by atoms with Gasteiger partial charge in [0.15, 0.2) is 5.65 Å². The lowest BCUT2D eigenvalue weighted by Gasteiger charge is -2.01. The molecule has 0 bridgehead atoms. The van der Waals surface area contributed by atoms with E-state index in [4.69, 9.17) is 0 Å². The number of imidazole rings is 1. The van der Waals surface area contributed by atoms with Crippen LogP contribution >= 0.6 is 34.4 Å². The minimum absolute atomic E-state index is 0.947. The van der Waals surface area contributed by atoms with E-state index in [9.17, 15) is 0 Å². The Kier molecular flexibility index (Phi) is 2.46. The molecule has 0 saturated heterocycles. The second-order valence-corrected chi connectivity index (χ2v) is 4.57. The van der Waals surface area contributed by atoms with E-state index in [2.05, 4.69) is 37.0 Å². The summed E-state index contributed by atoms with van der Waals surface area (Å²) in [5.41, 5.74) is 1.97. The second-order valence-electron chi connectivity index (χ2n) is 2.67. The van der Waals surface area contributed by atoms with Crippen LogP contribution in [0, 0.1) is 10.6 Å². The van der Waals surface area contributed by atoms with Crippen molar-refractivity contribution in [2.24, 2.45) is 0 Å². The average Bonchev–Trinajstić information content (AvgIpc) is 2.47. The number of nitrogens with zero attached hydrogens (tertiary/aromatic N) is 3. The standard InChI is InChI=1S/C8H8IN3S/c1-5-4-12-6(9)3-10-7(12)8(11-5)13-2/h3-4H,1-2H3. The highest BCUT2D eigenvalue weighted by Gasteiger charge is 2.06. The van der Waals surface area contributed by atoms with Crippen molar-refractivity contribution in [3.05, 3.63) is 21.8 Å². The Morgan fingerprint density at radius 2 is 2.31 bits per heavy atom. The van der Waals surface area contributed by atoms with E-state index in [1.54, 1.807) is 11.8 Å². The smallest absolute Gasteiger partial charge is 0.170 e. The lowest BCUT2D eigenvalue weighted by atomic mass is 10.5. The fourth-order valence-corrected chi connectivity index (χ4v) is 2.26. The van der Waals surface area contributed by atoms with Gasteiger partial charge < -0.3 is 0 Å². The van der Waals surface area contributed by atoms with E-state index in [-0.39, 0.29) is 0 Å². The first-order valence-electron chi connectivity index (χ1n) is 3.76. The summed E-state index contributed by atoms with van der Waals surface area (Å²) in [5, 5.41) is 0.989. The number of hydrogen-bond donors (Lipinski definition) is 0. The Balaban J connectivity index is 2.84. The minimum atomic E-state index is 0.947. The number of hydrogen-bond acceptors (Lipinski definition) is 3. The number of fused-ring (bicyclic) bond motifs is 1. The van der Waals surface area contributed by atoms with Crippen molar-refractivity contribution in [3.8, 4) is 0 Å². The first-order chi connectivity index (χ1) is 6.22. The van der Waals surface area contributed by atoms with Crippen LogP contribution in [0.2, 0.25) is 0 Å². The van der Waals surface area contributed by atoms with Crippen molar-refractivity contribution >= 4 is 40.0 Å². The molecule has 68 valence electrons. The molecule has 0 aromatic carbocycles. The molecule has 0 atom stereocenters. The molecule has 13 heavy (non-hydrogen) atoms. The number of halogens is 1. The molecule has 2 heterocycles. The van der Waals surface area contributed by atoms with Crippen molar-refractivity contribution in [2.45, 2.75) is 11.9 Å². The van der Waals surface area contributed by atoms with E-state index in [0.29, 0.717) is 0 Å². The molecule has 2 aromatic rings. The molecular weight excluding hydrogens is 297 g/mol. The van der Waals surface area contributed by atoms with Crippen LogP contribution < -0.4 is 0 Å². The van der Waals surface area contributed by atoms with Crippen molar-refractivity contribution in [2.75, 3.05) is 6.26 Å². The van der Waals surface area contributed by atoms with Crippen LogP contribution in [0.3, 0.4) is 0 Å². The summed E-state index contributed by atoms with van der Waals surface area (Å²) in [6, 6.07) is 0. The lowest BCUT2D eigenvalue weighted by molar-refractivity contribution is 0.975. The first kappa shape index (κ1) is 9.26. The highest BCUT2D eigenvalue weighted by Crippen LogP contribution is 2.20. The second kappa shape index (κ2) is 3.45.